The van der Waals surface area contributed by atoms with Gasteiger partial charge in [-0.3, -0.25) is 9.59 Å². The van der Waals surface area contributed by atoms with Crippen molar-refractivity contribution in [1.29, 1.82) is 0 Å². The molecular weight excluding hydrogens is 389 g/mol. The molecule has 7 heteroatoms. The number of benzene rings is 1. The van der Waals surface area contributed by atoms with Gasteiger partial charge in [0.15, 0.2) is 5.78 Å². The van der Waals surface area contributed by atoms with E-state index in [0.717, 1.165) is 0 Å². The maximum atomic E-state index is 14.9. The highest BCUT2D eigenvalue weighted by Gasteiger charge is 2.47. The van der Waals surface area contributed by atoms with Crippen LogP contribution in [0.25, 0.3) is 0 Å². The molecule has 0 saturated carbocycles. The van der Waals surface area contributed by atoms with Gasteiger partial charge in [0.05, 0.1) is 25.2 Å². The van der Waals surface area contributed by atoms with Gasteiger partial charge in [-0.05, 0) is 31.7 Å². The number of ether oxygens (including phenoxy) is 2. The SMILES string of the molecule is CCCOC(=O)C1=C(C)NC2=C(C(=O)[C@H](C(=O)OC)[C@@H](C)C2)[C@@H]1c1ccccc1F. The maximum Gasteiger partial charge on any atom is 0.336 e. The smallest absolute Gasteiger partial charge is 0.336 e. The molecule has 1 aliphatic heterocycles. The van der Waals surface area contributed by atoms with Crippen LogP contribution in [0.2, 0.25) is 0 Å². The van der Waals surface area contributed by atoms with Crippen molar-refractivity contribution in [3.05, 3.63) is 58.2 Å². The van der Waals surface area contributed by atoms with Crippen LogP contribution >= 0.6 is 0 Å². The van der Waals surface area contributed by atoms with E-state index in [9.17, 15) is 18.8 Å². The van der Waals surface area contributed by atoms with E-state index in [0.29, 0.717) is 24.2 Å². The van der Waals surface area contributed by atoms with E-state index in [1.807, 2.05) is 6.92 Å². The minimum atomic E-state index is -1.00. The lowest BCUT2D eigenvalue weighted by Gasteiger charge is -2.38. The fourth-order valence-electron chi connectivity index (χ4n) is 4.24. The fraction of sp³-hybridized carbons (Fsp3) is 0.435. The molecule has 1 aliphatic carbocycles. The predicted molar refractivity (Wildman–Crippen MR) is 108 cm³/mol. The molecule has 30 heavy (non-hydrogen) atoms. The lowest BCUT2D eigenvalue weighted by Crippen LogP contribution is -2.43. The second-order valence-corrected chi connectivity index (χ2v) is 7.69. The molecule has 1 aromatic rings. The average molecular weight is 415 g/mol. The van der Waals surface area contributed by atoms with Crippen molar-refractivity contribution in [3.8, 4) is 0 Å². The topological polar surface area (TPSA) is 81.7 Å². The Hall–Kier alpha value is -2.96. The Kier molecular flexibility index (Phi) is 6.39. The molecule has 0 bridgehead atoms. The summed E-state index contributed by atoms with van der Waals surface area (Å²) in [6.45, 7) is 5.59. The van der Waals surface area contributed by atoms with Gasteiger partial charge in [-0.2, -0.15) is 0 Å². The molecule has 160 valence electrons. The number of methoxy groups -OCH3 is 1. The molecular formula is C23H26FNO5. The minimum absolute atomic E-state index is 0.179. The van der Waals surface area contributed by atoms with Crippen LogP contribution in [-0.4, -0.2) is 31.4 Å². The van der Waals surface area contributed by atoms with E-state index < -0.39 is 35.4 Å². The van der Waals surface area contributed by atoms with Crippen molar-refractivity contribution in [2.45, 2.75) is 39.5 Å². The fourth-order valence-corrected chi connectivity index (χ4v) is 4.24. The van der Waals surface area contributed by atoms with Crippen molar-refractivity contribution >= 4 is 17.7 Å². The van der Waals surface area contributed by atoms with E-state index in [1.165, 1.54) is 13.2 Å². The molecule has 6 nitrogen and oxygen atoms in total. The first-order chi connectivity index (χ1) is 14.3. The highest BCUT2D eigenvalue weighted by atomic mass is 19.1. The van der Waals surface area contributed by atoms with Gasteiger partial charge >= 0.3 is 11.9 Å². The summed E-state index contributed by atoms with van der Waals surface area (Å²) in [5.41, 5.74) is 1.72. The van der Waals surface area contributed by atoms with Crippen LogP contribution in [0.15, 0.2) is 46.8 Å². The van der Waals surface area contributed by atoms with Gasteiger partial charge in [-0.15, -0.1) is 0 Å². The van der Waals surface area contributed by atoms with Crippen LogP contribution in [-0.2, 0) is 23.9 Å². The number of ketones is 1. The Morgan fingerprint density at radius 2 is 1.97 bits per heavy atom. The Balaban J connectivity index is 2.18. The number of hydrogen-bond acceptors (Lipinski definition) is 6. The second-order valence-electron chi connectivity index (χ2n) is 7.69. The molecule has 0 saturated heterocycles. The highest BCUT2D eigenvalue weighted by molar-refractivity contribution is 6.12. The van der Waals surface area contributed by atoms with Gasteiger partial charge < -0.3 is 14.8 Å². The molecule has 1 heterocycles. The first-order valence-corrected chi connectivity index (χ1v) is 10.1. The first kappa shape index (κ1) is 21.7. The summed E-state index contributed by atoms with van der Waals surface area (Å²) in [5, 5.41) is 3.15. The number of esters is 2. The van der Waals surface area contributed by atoms with Crippen LogP contribution in [0.4, 0.5) is 4.39 Å². The van der Waals surface area contributed by atoms with E-state index in [1.54, 1.807) is 32.0 Å². The van der Waals surface area contributed by atoms with Crippen molar-refractivity contribution < 1.29 is 28.2 Å². The van der Waals surface area contributed by atoms with Crippen LogP contribution in [0.3, 0.4) is 0 Å². The van der Waals surface area contributed by atoms with Crippen molar-refractivity contribution in [2.75, 3.05) is 13.7 Å². The van der Waals surface area contributed by atoms with E-state index >= 15 is 0 Å². The summed E-state index contributed by atoms with van der Waals surface area (Å²) >= 11 is 0. The molecule has 3 atom stereocenters. The summed E-state index contributed by atoms with van der Waals surface area (Å²) in [6, 6.07) is 6.03. The van der Waals surface area contributed by atoms with Gasteiger partial charge in [-0.25, -0.2) is 9.18 Å². The zero-order chi connectivity index (χ0) is 22.0. The molecule has 0 fully saturated rings. The predicted octanol–water partition coefficient (Wildman–Crippen LogP) is 3.39. The first-order valence-electron chi connectivity index (χ1n) is 10.1. The molecule has 0 radical (unpaired) electrons. The summed E-state index contributed by atoms with van der Waals surface area (Å²) < 4.78 is 25.0. The van der Waals surface area contributed by atoms with Gasteiger partial charge in [-0.1, -0.05) is 32.0 Å². The number of dihydropyridines is 1. The monoisotopic (exact) mass is 415 g/mol. The van der Waals surface area contributed by atoms with Crippen molar-refractivity contribution in [1.82, 2.24) is 5.32 Å². The zero-order valence-corrected chi connectivity index (χ0v) is 17.6. The molecule has 0 spiro atoms. The summed E-state index contributed by atoms with van der Waals surface area (Å²) in [5.74, 6) is -4.49. The van der Waals surface area contributed by atoms with E-state index in [2.05, 4.69) is 5.32 Å². The van der Waals surface area contributed by atoms with Gasteiger partial charge in [0.25, 0.3) is 0 Å². The third-order valence-corrected chi connectivity index (χ3v) is 5.62. The Labute approximate surface area is 175 Å². The quantitative estimate of drug-likeness (QED) is 0.586. The van der Waals surface area contributed by atoms with Crippen molar-refractivity contribution in [2.24, 2.45) is 11.8 Å². The van der Waals surface area contributed by atoms with Crippen LogP contribution in [0.5, 0.6) is 0 Å². The Morgan fingerprint density at radius 3 is 2.60 bits per heavy atom. The van der Waals surface area contributed by atoms with Gasteiger partial charge in [0, 0.05) is 22.5 Å². The molecule has 0 aromatic heterocycles. The normalized spacial score (nSPS) is 23.6. The lowest BCUT2D eigenvalue weighted by atomic mass is 9.69. The summed E-state index contributed by atoms with van der Waals surface area (Å²) in [7, 11) is 1.23. The van der Waals surface area contributed by atoms with Crippen LogP contribution < -0.4 is 5.32 Å². The molecule has 2 aliphatic rings. The van der Waals surface area contributed by atoms with Crippen LogP contribution in [0.1, 0.15) is 45.1 Å². The largest absolute Gasteiger partial charge is 0.468 e. The Bertz CT molecular complexity index is 949. The average Bonchev–Trinajstić information content (AvgIpc) is 2.71. The van der Waals surface area contributed by atoms with E-state index in [-0.39, 0.29) is 29.2 Å². The minimum Gasteiger partial charge on any atom is -0.468 e. The molecule has 0 unspecified atom stereocenters. The van der Waals surface area contributed by atoms with Gasteiger partial charge in [0.2, 0.25) is 0 Å². The maximum absolute atomic E-state index is 14.9. The lowest BCUT2D eigenvalue weighted by molar-refractivity contribution is -0.151. The summed E-state index contributed by atoms with van der Waals surface area (Å²) in [6.07, 6.45) is 1.03. The highest BCUT2D eigenvalue weighted by Crippen LogP contribution is 2.45. The number of rotatable bonds is 5. The van der Waals surface area contributed by atoms with Crippen LogP contribution in [0, 0.1) is 17.7 Å². The third-order valence-electron chi connectivity index (χ3n) is 5.62. The molecule has 3 rings (SSSR count). The molecule has 1 N–H and O–H groups in total. The second kappa shape index (κ2) is 8.81. The number of allylic oxidation sites excluding steroid dienone is 3. The molecule has 1 aromatic carbocycles. The number of Topliss-reactive ketones (excluding diaryl/α,β-unsaturated/α-hetero) is 1. The zero-order valence-electron chi connectivity index (χ0n) is 17.6. The number of halogens is 1. The number of carbonyl (C=O) groups is 3. The van der Waals surface area contributed by atoms with E-state index in [4.69, 9.17) is 9.47 Å². The Morgan fingerprint density at radius 1 is 1.27 bits per heavy atom. The number of hydrogen-bond donors (Lipinski definition) is 1. The standard InChI is InChI=1S/C23H26FNO5/c1-5-10-30-23(28)18-13(3)25-16-11-12(2)17(22(27)29-4)21(26)20(16)19(18)14-8-6-7-9-15(14)24/h6-9,12,17,19,25H,5,10-11H2,1-4H3/t12-,17+,19+/m0/s1. The van der Waals surface area contributed by atoms with Crippen molar-refractivity contribution in [3.63, 3.8) is 0 Å². The third kappa shape index (κ3) is 3.76. The summed E-state index contributed by atoms with van der Waals surface area (Å²) in [4.78, 5) is 38.7. The van der Waals surface area contributed by atoms with Gasteiger partial charge in [0.1, 0.15) is 11.7 Å². The molecule has 0 amide bonds. The number of carbonyl (C=O) groups excluding carboxylic acids is 3. The number of nitrogens with one attached hydrogen (secondary N) is 1.